The van der Waals surface area contributed by atoms with E-state index in [1.165, 1.54) is 0 Å². The first-order valence-corrected chi connectivity index (χ1v) is 6.19. The van der Waals surface area contributed by atoms with Crippen molar-refractivity contribution in [1.29, 1.82) is 0 Å². The van der Waals surface area contributed by atoms with Gasteiger partial charge in [0.05, 0.1) is 11.3 Å². The molecule has 0 saturated carbocycles. The number of benzene rings is 2. The molecule has 6 heteroatoms. The van der Waals surface area contributed by atoms with Gasteiger partial charge in [0.15, 0.2) is 0 Å². The van der Waals surface area contributed by atoms with Gasteiger partial charge in [-0.05, 0) is 36.4 Å². The molecule has 0 fully saturated rings. The molecule has 0 aliphatic heterocycles. The Kier molecular flexibility index (Phi) is 4.27. The fraction of sp³-hybridized carbons (Fsp3) is 0. The van der Waals surface area contributed by atoms with Crippen molar-refractivity contribution in [2.75, 3.05) is 5.32 Å². The van der Waals surface area contributed by atoms with E-state index in [0.29, 0.717) is 21.3 Å². The normalized spacial score (nSPS) is 10.1. The molecule has 0 bridgehead atoms. The number of carbonyl (C=O) groups is 1. The van der Waals surface area contributed by atoms with E-state index in [1.54, 1.807) is 36.4 Å². The summed E-state index contributed by atoms with van der Waals surface area (Å²) in [5, 5.41) is 4.19. The molecule has 19 heavy (non-hydrogen) atoms. The van der Waals surface area contributed by atoms with Crippen molar-refractivity contribution in [2.24, 2.45) is 5.84 Å². The van der Waals surface area contributed by atoms with Crippen molar-refractivity contribution >= 4 is 40.5 Å². The van der Waals surface area contributed by atoms with Crippen LogP contribution in [0, 0.1) is 0 Å². The Morgan fingerprint density at radius 1 is 1.05 bits per heavy atom. The number of nitrogens with two attached hydrogens (primary N) is 1. The minimum absolute atomic E-state index is 0.395. The first-order chi connectivity index (χ1) is 9.10. The van der Waals surface area contributed by atoms with Gasteiger partial charge in [0.2, 0.25) is 0 Å². The summed E-state index contributed by atoms with van der Waals surface area (Å²) in [5.74, 6) is 4.75. The van der Waals surface area contributed by atoms with Crippen LogP contribution in [0.4, 0.5) is 11.4 Å². The number of carbonyl (C=O) groups excluding carboxylic acids is 1. The molecule has 0 heterocycles. The van der Waals surface area contributed by atoms with Gasteiger partial charge in [-0.25, -0.2) is 5.84 Å². The van der Waals surface area contributed by atoms with Crippen LogP contribution in [0.5, 0.6) is 0 Å². The van der Waals surface area contributed by atoms with Gasteiger partial charge >= 0.3 is 0 Å². The van der Waals surface area contributed by atoms with Crippen LogP contribution < -0.4 is 16.6 Å². The SMILES string of the molecule is NNC(=O)c1ccc(Cl)cc1Nc1cccc(Cl)c1. The van der Waals surface area contributed by atoms with Crippen molar-refractivity contribution in [3.05, 3.63) is 58.1 Å². The predicted octanol–water partition coefficient (Wildman–Crippen LogP) is 3.34. The third-order valence-electron chi connectivity index (χ3n) is 2.46. The zero-order chi connectivity index (χ0) is 13.8. The van der Waals surface area contributed by atoms with Crippen LogP contribution in [-0.4, -0.2) is 5.91 Å². The molecule has 2 aromatic rings. The lowest BCUT2D eigenvalue weighted by Gasteiger charge is -2.11. The van der Waals surface area contributed by atoms with Crippen molar-refractivity contribution in [3.63, 3.8) is 0 Å². The average molecular weight is 296 g/mol. The Hall–Kier alpha value is -1.75. The number of halogens is 2. The Morgan fingerprint density at radius 3 is 2.47 bits per heavy atom. The van der Waals surface area contributed by atoms with E-state index in [0.717, 1.165) is 5.69 Å². The first kappa shape index (κ1) is 13.7. The van der Waals surface area contributed by atoms with Crippen molar-refractivity contribution in [2.45, 2.75) is 0 Å². The Bertz CT molecular complexity index is 617. The highest BCUT2D eigenvalue weighted by atomic mass is 35.5. The fourth-order valence-corrected chi connectivity index (χ4v) is 1.98. The Balaban J connectivity index is 2.38. The summed E-state index contributed by atoms with van der Waals surface area (Å²) in [4.78, 5) is 11.7. The van der Waals surface area contributed by atoms with Crippen LogP contribution >= 0.6 is 23.2 Å². The minimum atomic E-state index is -0.402. The summed E-state index contributed by atoms with van der Waals surface area (Å²) < 4.78 is 0. The highest BCUT2D eigenvalue weighted by molar-refractivity contribution is 6.31. The molecule has 2 aromatic carbocycles. The van der Waals surface area contributed by atoms with Gasteiger partial charge in [0.25, 0.3) is 5.91 Å². The standard InChI is InChI=1S/C13H11Cl2N3O/c14-8-2-1-3-10(6-8)17-12-7-9(15)4-5-11(12)13(19)18-16/h1-7,17H,16H2,(H,18,19). The summed E-state index contributed by atoms with van der Waals surface area (Å²) in [6, 6.07) is 12.0. The summed E-state index contributed by atoms with van der Waals surface area (Å²) in [5.41, 5.74) is 3.79. The molecular formula is C13H11Cl2N3O. The predicted molar refractivity (Wildman–Crippen MR) is 77.8 cm³/mol. The van der Waals surface area contributed by atoms with Gasteiger partial charge < -0.3 is 5.32 Å². The van der Waals surface area contributed by atoms with Crippen molar-refractivity contribution < 1.29 is 4.79 Å². The number of anilines is 2. The average Bonchev–Trinajstić information content (AvgIpc) is 2.38. The fourth-order valence-electron chi connectivity index (χ4n) is 1.62. The number of hydrogen-bond acceptors (Lipinski definition) is 3. The van der Waals surface area contributed by atoms with E-state index in [2.05, 4.69) is 10.7 Å². The smallest absolute Gasteiger partial charge is 0.267 e. The lowest BCUT2D eigenvalue weighted by molar-refractivity contribution is 0.0954. The van der Waals surface area contributed by atoms with Gasteiger partial charge in [-0.2, -0.15) is 0 Å². The quantitative estimate of drug-likeness (QED) is 0.462. The van der Waals surface area contributed by atoms with Gasteiger partial charge in [0.1, 0.15) is 0 Å². The second-order valence-corrected chi connectivity index (χ2v) is 4.67. The molecule has 2 rings (SSSR count). The summed E-state index contributed by atoms with van der Waals surface area (Å²) >= 11 is 11.8. The van der Waals surface area contributed by atoms with Gasteiger partial charge in [-0.1, -0.05) is 29.3 Å². The maximum Gasteiger partial charge on any atom is 0.267 e. The zero-order valence-corrected chi connectivity index (χ0v) is 11.3. The lowest BCUT2D eigenvalue weighted by atomic mass is 10.1. The van der Waals surface area contributed by atoms with E-state index in [4.69, 9.17) is 29.0 Å². The third kappa shape index (κ3) is 3.38. The number of nitrogen functional groups attached to an aromatic ring is 1. The zero-order valence-electron chi connectivity index (χ0n) is 9.78. The summed E-state index contributed by atoms with van der Waals surface area (Å²) in [6.07, 6.45) is 0. The van der Waals surface area contributed by atoms with E-state index in [-0.39, 0.29) is 0 Å². The molecule has 0 saturated heterocycles. The number of amides is 1. The molecule has 98 valence electrons. The monoisotopic (exact) mass is 295 g/mol. The highest BCUT2D eigenvalue weighted by Gasteiger charge is 2.11. The molecule has 4 nitrogen and oxygen atoms in total. The maximum absolute atomic E-state index is 11.7. The van der Waals surface area contributed by atoms with Crippen molar-refractivity contribution in [1.82, 2.24) is 5.43 Å². The summed E-state index contributed by atoms with van der Waals surface area (Å²) in [6.45, 7) is 0. The second-order valence-electron chi connectivity index (χ2n) is 3.80. The van der Waals surface area contributed by atoms with Crippen molar-refractivity contribution in [3.8, 4) is 0 Å². The molecule has 0 atom stereocenters. The molecule has 0 aliphatic rings. The van der Waals surface area contributed by atoms with Crippen LogP contribution in [0.2, 0.25) is 10.0 Å². The molecule has 0 radical (unpaired) electrons. The molecular weight excluding hydrogens is 285 g/mol. The number of nitrogens with one attached hydrogen (secondary N) is 2. The number of rotatable bonds is 3. The van der Waals surface area contributed by atoms with E-state index >= 15 is 0 Å². The Labute approximate surface area is 120 Å². The first-order valence-electron chi connectivity index (χ1n) is 5.43. The van der Waals surface area contributed by atoms with E-state index in [9.17, 15) is 4.79 Å². The summed E-state index contributed by atoms with van der Waals surface area (Å²) in [7, 11) is 0. The second kappa shape index (κ2) is 5.93. The topological polar surface area (TPSA) is 67.1 Å². The van der Waals surface area contributed by atoms with Crippen LogP contribution in [0.25, 0.3) is 0 Å². The maximum atomic E-state index is 11.7. The van der Waals surface area contributed by atoms with Gasteiger partial charge in [-0.15, -0.1) is 0 Å². The molecule has 0 aliphatic carbocycles. The Morgan fingerprint density at radius 2 is 1.79 bits per heavy atom. The molecule has 0 spiro atoms. The molecule has 0 aromatic heterocycles. The van der Waals surface area contributed by atoms with Crippen LogP contribution in [0.1, 0.15) is 10.4 Å². The third-order valence-corrected chi connectivity index (χ3v) is 2.93. The lowest BCUT2D eigenvalue weighted by Crippen LogP contribution is -2.30. The van der Waals surface area contributed by atoms with E-state index in [1.807, 2.05) is 6.07 Å². The van der Waals surface area contributed by atoms with Crippen LogP contribution in [0.15, 0.2) is 42.5 Å². The minimum Gasteiger partial charge on any atom is -0.355 e. The highest BCUT2D eigenvalue weighted by Crippen LogP contribution is 2.26. The van der Waals surface area contributed by atoms with Gasteiger partial charge in [-0.3, -0.25) is 10.2 Å². The van der Waals surface area contributed by atoms with Crippen LogP contribution in [0.3, 0.4) is 0 Å². The number of hydrogen-bond donors (Lipinski definition) is 3. The number of hydrazine groups is 1. The molecule has 1 amide bonds. The van der Waals surface area contributed by atoms with E-state index < -0.39 is 5.91 Å². The van der Waals surface area contributed by atoms with Crippen LogP contribution in [-0.2, 0) is 0 Å². The largest absolute Gasteiger partial charge is 0.355 e. The van der Waals surface area contributed by atoms with Gasteiger partial charge in [0, 0.05) is 15.7 Å². The molecule has 4 N–H and O–H groups in total. The molecule has 0 unspecified atom stereocenters.